The highest BCUT2D eigenvalue weighted by atomic mass is 16.5. The van der Waals surface area contributed by atoms with Gasteiger partial charge in [-0.2, -0.15) is 4.98 Å². The predicted octanol–water partition coefficient (Wildman–Crippen LogP) is 4.72. The zero-order valence-electron chi connectivity index (χ0n) is 23.3. The van der Waals surface area contributed by atoms with Crippen molar-refractivity contribution in [3.63, 3.8) is 0 Å². The monoisotopic (exact) mass is 504 g/mol. The van der Waals surface area contributed by atoms with E-state index in [0.29, 0.717) is 17.4 Å². The second-order valence-electron chi connectivity index (χ2n) is 11.0. The second-order valence-corrected chi connectivity index (χ2v) is 11.0. The Bertz CT molecular complexity index is 1260. The lowest BCUT2D eigenvalue weighted by Crippen LogP contribution is -2.29. The Morgan fingerprint density at radius 1 is 1.11 bits per heavy atom. The smallest absolute Gasteiger partial charge is 0.229 e. The number of nitrogens with two attached hydrogens (primary N) is 1. The van der Waals surface area contributed by atoms with Crippen LogP contribution in [0.5, 0.6) is 5.75 Å². The first-order valence-electron chi connectivity index (χ1n) is 12.8. The van der Waals surface area contributed by atoms with Crippen molar-refractivity contribution < 1.29 is 4.74 Å². The van der Waals surface area contributed by atoms with E-state index in [-0.39, 0.29) is 11.5 Å². The zero-order chi connectivity index (χ0) is 26.9. The van der Waals surface area contributed by atoms with E-state index in [0.717, 1.165) is 53.9 Å². The van der Waals surface area contributed by atoms with Crippen molar-refractivity contribution >= 4 is 34.5 Å². The van der Waals surface area contributed by atoms with Crippen molar-refractivity contribution in [2.45, 2.75) is 46.1 Å². The van der Waals surface area contributed by atoms with E-state index in [9.17, 15) is 0 Å². The summed E-state index contributed by atoms with van der Waals surface area (Å²) in [5.41, 5.74) is 11.9. The lowest BCUT2D eigenvalue weighted by molar-refractivity contribution is 0.244. The molecule has 2 aromatic heterocycles. The molecule has 3 N–H and O–H groups in total. The van der Waals surface area contributed by atoms with Gasteiger partial charge in [0, 0.05) is 50.1 Å². The first kappa shape index (κ1) is 26.5. The van der Waals surface area contributed by atoms with Crippen LogP contribution in [0.1, 0.15) is 39.1 Å². The molecule has 1 aliphatic heterocycles. The number of anilines is 6. The van der Waals surface area contributed by atoms with Crippen LogP contribution in [0.15, 0.2) is 36.5 Å². The molecule has 1 aromatic carbocycles. The molecule has 0 radical (unpaired) electrons. The van der Waals surface area contributed by atoms with Gasteiger partial charge in [0.2, 0.25) is 5.95 Å². The van der Waals surface area contributed by atoms with E-state index < -0.39 is 0 Å². The van der Waals surface area contributed by atoms with Crippen LogP contribution in [-0.4, -0.2) is 66.7 Å². The number of rotatable bonds is 9. The third-order valence-corrected chi connectivity index (χ3v) is 6.45. The molecule has 198 valence electrons. The molecule has 37 heavy (non-hydrogen) atoms. The maximum absolute atomic E-state index is 6.50. The van der Waals surface area contributed by atoms with Gasteiger partial charge in [0.25, 0.3) is 0 Å². The molecule has 0 bridgehead atoms. The summed E-state index contributed by atoms with van der Waals surface area (Å²) >= 11 is 0. The fourth-order valence-corrected chi connectivity index (χ4v) is 4.54. The molecule has 9 nitrogen and oxygen atoms in total. The molecule has 0 unspecified atom stereocenters. The largest absolute Gasteiger partial charge is 0.489 e. The molecule has 0 saturated carbocycles. The van der Waals surface area contributed by atoms with Crippen LogP contribution < -0.4 is 25.6 Å². The highest BCUT2D eigenvalue weighted by molar-refractivity contribution is 5.79. The first-order chi connectivity index (χ1) is 17.4. The Morgan fingerprint density at radius 2 is 1.86 bits per heavy atom. The number of nitrogens with one attached hydrogen (secondary N) is 1. The van der Waals surface area contributed by atoms with Gasteiger partial charge in [-0.15, -0.1) is 0 Å². The van der Waals surface area contributed by atoms with Gasteiger partial charge in [0.1, 0.15) is 11.6 Å². The average molecular weight is 505 g/mol. The number of aromatic nitrogens is 3. The Kier molecular flexibility index (Phi) is 7.45. The molecule has 3 heterocycles. The predicted molar refractivity (Wildman–Crippen MR) is 153 cm³/mol. The summed E-state index contributed by atoms with van der Waals surface area (Å²) in [6.45, 7) is 13.0. The van der Waals surface area contributed by atoms with Gasteiger partial charge in [-0.25, -0.2) is 4.98 Å². The number of benzene rings is 1. The molecule has 4 rings (SSSR count). The number of hydrogen-bond donors (Lipinski definition) is 2. The molecule has 3 aromatic rings. The van der Waals surface area contributed by atoms with Gasteiger partial charge < -0.3 is 30.5 Å². The number of likely N-dealkylation sites (N-methyl/N-ethyl adjacent to an activating group) is 2. The van der Waals surface area contributed by atoms with Gasteiger partial charge in [-0.3, -0.25) is 4.98 Å². The molecule has 0 amide bonds. The van der Waals surface area contributed by atoms with Crippen molar-refractivity contribution in [3.8, 4) is 5.75 Å². The third-order valence-electron chi connectivity index (χ3n) is 6.45. The van der Waals surface area contributed by atoms with Crippen LogP contribution in [-0.2, 0) is 5.41 Å². The molecule has 0 spiro atoms. The summed E-state index contributed by atoms with van der Waals surface area (Å²) in [6, 6.07) is 9.99. The van der Waals surface area contributed by atoms with Gasteiger partial charge in [-0.1, -0.05) is 13.8 Å². The van der Waals surface area contributed by atoms with Crippen LogP contribution >= 0.6 is 0 Å². The van der Waals surface area contributed by atoms with E-state index in [4.69, 9.17) is 20.4 Å². The topological polar surface area (TPSA) is 95.7 Å². The van der Waals surface area contributed by atoms with E-state index in [1.54, 1.807) is 6.20 Å². The molecular weight excluding hydrogens is 464 g/mol. The summed E-state index contributed by atoms with van der Waals surface area (Å²) in [6.07, 6.45) is 1.77. The van der Waals surface area contributed by atoms with Crippen LogP contribution in [0.2, 0.25) is 0 Å². The third kappa shape index (κ3) is 5.88. The van der Waals surface area contributed by atoms with Crippen molar-refractivity contribution in [2.24, 2.45) is 0 Å². The Labute approximate surface area is 220 Å². The standard InChI is InChI=1S/C28H40N8O/c1-18(2)37-24-16-23(35(8)14-13-34(6)7)20(29)15-21(24)32-27-30-12-11-25(33-27)36-17-28(4,5)26-22(36)10-9-19(3)31-26/h9-12,15-16,18H,13-14,17,29H2,1-8H3,(H,30,32,33). The molecule has 0 fully saturated rings. The molecule has 0 aliphatic carbocycles. The van der Waals surface area contributed by atoms with Gasteiger partial charge >= 0.3 is 0 Å². The van der Waals surface area contributed by atoms with Crippen LogP contribution in [0.4, 0.5) is 34.5 Å². The highest BCUT2D eigenvalue weighted by Crippen LogP contribution is 2.43. The Balaban J connectivity index is 1.64. The van der Waals surface area contributed by atoms with Crippen molar-refractivity contribution in [2.75, 3.05) is 61.6 Å². The van der Waals surface area contributed by atoms with Gasteiger partial charge in [-0.05, 0) is 59.1 Å². The van der Waals surface area contributed by atoms with Gasteiger partial charge in [0.05, 0.1) is 34.5 Å². The minimum absolute atomic E-state index is 0.00403. The summed E-state index contributed by atoms with van der Waals surface area (Å²) in [5.74, 6) is 2.00. The van der Waals surface area contributed by atoms with Crippen molar-refractivity contribution in [1.29, 1.82) is 0 Å². The summed E-state index contributed by atoms with van der Waals surface area (Å²) < 4.78 is 6.17. The maximum atomic E-state index is 6.50. The maximum Gasteiger partial charge on any atom is 0.229 e. The molecule has 0 saturated heterocycles. The number of fused-ring (bicyclic) bond motifs is 1. The average Bonchev–Trinajstić information content (AvgIpc) is 3.09. The minimum Gasteiger partial charge on any atom is -0.489 e. The summed E-state index contributed by atoms with van der Waals surface area (Å²) in [4.78, 5) is 20.7. The summed E-state index contributed by atoms with van der Waals surface area (Å²) in [5, 5.41) is 3.36. The number of pyridine rings is 1. The van der Waals surface area contributed by atoms with E-state index in [2.05, 4.69) is 59.0 Å². The van der Waals surface area contributed by atoms with E-state index in [1.807, 2.05) is 52.1 Å². The van der Waals surface area contributed by atoms with Crippen molar-refractivity contribution in [1.82, 2.24) is 19.9 Å². The molecule has 1 aliphatic rings. The first-order valence-corrected chi connectivity index (χ1v) is 12.8. The number of aryl methyl sites for hydroxylation is 1. The van der Waals surface area contributed by atoms with E-state index in [1.165, 1.54) is 0 Å². The van der Waals surface area contributed by atoms with Crippen LogP contribution in [0.3, 0.4) is 0 Å². The van der Waals surface area contributed by atoms with Gasteiger partial charge in [0.15, 0.2) is 0 Å². The van der Waals surface area contributed by atoms with Crippen LogP contribution in [0, 0.1) is 6.92 Å². The SMILES string of the molecule is Cc1ccc2c(n1)C(C)(C)CN2c1ccnc(Nc2cc(N)c(N(C)CCN(C)C)cc2OC(C)C)n1. The lowest BCUT2D eigenvalue weighted by Gasteiger charge is -2.25. The number of nitrogens with zero attached hydrogens (tertiary/aromatic N) is 6. The number of ether oxygens (including phenoxy) is 1. The Morgan fingerprint density at radius 3 is 2.57 bits per heavy atom. The molecule has 0 atom stereocenters. The molecular formula is C28H40N8O. The number of nitrogen functional groups attached to an aromatic ring is 1. The number of hydrogen-bond acceptors (Lipinski definition) is 9. The Hall–Kier alpha value is -3.59. The highest BCUT2D eigenvalue weighted by Gasteiger charge is 2.38. The zero-order valence-corrected chi connectivity index (χ0v) is 23.3. The fraction of sp³-hybridized carbons (Fsp3) is 0.464. The molecule has 9 heteroatoms. The van der Waals surface area contributed by atoms with E-state index >= 15 is 0 Å². The quantitative estimate of drug-likeness (QED) is 0.401. The lowest BCUT2D eigenvalue weighted by atomic mass is 9.91. The normalized spacial score (nSPS) is 14.3. The minimum atomic E-state index is -0.0823. The second kappa shape index (κ2) is 10.4. The van der Waals surface area contributed by atoms with Crippen LogP contribution in [0.25, 0.3) is 0 Å². The summed E-state index contributed by atoms with van der Waals surface area (Å²) in [7, 11) is 6.16. The van der Waals surface area contributed by atoms with Crippen molar-refractivity contribution in [3.05, 3.63) is 47.9 Å². The fourth-order valence-electron chi connectivity index (χ4n) is 4.54.